The van der Waals surface area contributed by atoms with E-state index < -0.39 is 29.1 Å². The zero-order chi connectivity index (χ0) is 39.3. The van der Waals surface area contributed by atoms with Gasteiger partial charge in [-0.15, -0.1) is 0 Å². The summed E-state index contributed by atoms with van der Waals surface area (Å²) in [4.78, 5) is 49.3. The van der Waals surface area contributed by atoms with Gasteiger partial charge in [0, 0.05) is 22.2 Å². The van der Waals surface area contributed by atoms with Crippen molar-refractivity contribution in [2.75, 3.05) is 26.2 Å². The highest BCUT2D eigenvalue weighted by Gasteiger charge is 2.53. The van der Waals surface area contributed by atoms with Crippen LogP contribution in [0.25, 0.3) is 0 Å². The number of fused-ring (bicyclic) bond motifs is 1. The molecule has 7 atom stereocenters. The number of thioether (sulfide) groups is 1. The van der Waals surface area contributed by atoms with Gasteiger partial charge in [0.1, 0.15) is 18.6 Å². The van der Waals surface area contributed by atoms with Gasteiger partial charge >= 0.3 is 5.91 Å². The lowest BCUT2D eigenvalue weighted by Crippen LogP contribution is -2.68. The Kier molecular flexibility index (Phi) is 11.8. The van der Waals surface area contributed by atoms with E-state index in [1.165, 1.54) is 23.9 Å². The minimum atomic E-state index is -0.894. The number of benzene rings is 2. The number of likely N-dealkylation sites (tertiary alicyclic amines) is 1. The fourth-order valence-electron chi connectivity index (χ4n) is 9.81. The summed E-state index contributed by atoms with van der Waals surface area (Å²) in [5.41, 5.74) is 1.76. The second-order valence-electron chi connectivity index (χ2n) is 16.4. The van der Waals surface area contributed by atoms with Crippen LogP contribution in [-0.4, -0.2) is 81.2 Å². The largest absolute Gasteiger partial charge is 0.330 e. The molecule has 6 rings (SSSR count). The average Bonchev–Trinajstić information content (AvgIpc) is 3.72. The summed E-state index contributed by atoms with van der Waals surface area (Å²) in [5.74, 6) is -1.90. The van der Waals surface area contributed by atoms with Crippen molar-refractivity contribution in [2.24, 2.45) is 11.8 Å². The Hall–Kier alpha value is -3.21. The summed E-state index contributed by atoms with van der Waals surface area (Å²) in [6.07, 6.45) is 5.78. The molecule has 0 N–H and O–H groups in total. The third kappa shape index (κ3) is 6.82. The SMILES string of the molecule is CCC[N+]1(C(C)=O)CCN(C(=O)[C@@H]2CC[C@@H](CC)N2C(=O)C2=C(C(C)C)N3C(=CCC(C)C(C)(c4ccc(F)c(F)c4)C3c3ccc(Cl)cc3)S2)C[C@H]1C. The molecule has 54 heavy (non-hydrogen) atoms. The number of quaternary nitrogens is 1. The van der Waals surface area contributed by atoms with E-state index in [1.807, 2.05) is 34.1 Å². The van der Waals surface area contributed by atoms with Crippen LogP contribution in [0.2, 0.25) is 5.02 Å². The molecule has 3 amide bonds. The number of hydrogen-bond acceptors (Lipinski definition) is 5. The fourth-order valence-corrected chi connectivity index (χ4v) is 11.3. The highest BCUT2D eigenvalue weighted by Crippen LogP contribution is 2.59. The predicted octanol–water partition coefficient (Wildman–Crippen LogP) is 9.19. The molecule has 2 aromatic carbocycles. The first kappa shape index (κ1) is 40.5. The Morgan fingerprint density at radius 3 is 2.33 bits per heavy atom. The van der Waals surface area contributed by atoms with Crippen LogP contribution in [0.4, 0.5) is 8.78 Å². The summed E-state index contributed by atoms with van der Waals surface area (Å²) in [5, 5.41) is 1.51. The minimum Gasteiger partial charge on any atom is -0.330 e. The Balaban J connectivity index is 1.42. The highest BCUT2D eigenvalue weighted by atomic mass is 35.5. The third-order valence-corrected chi connectivity index (χ3v) is 14.5. The number of allylic oxidation sites excluding steroid dienone is 2. The minimum absolute atomic E-state index is 0.00369. The summed E-state index contributed by atoms with van der Waals surface area (Å²) < 4.78 is 29.8. The van der Waals surface area contributed by atoms with Gasteiger partial charge in [0.2, 0.25) is 5.91 Å². The molecule has 2 aromatic rings. The highest BCUT2D eigenvalue weighted by molar-refractivity contribution is 8.07. The second-order valence-corrected chi connectivity index (χ2v) is 17.9. The van der Waals surface area contributed by atoms with E-state index in [9.17, 15) is 14.0 Å². The van der Waals surface area contributed by atoms with Gasteiger partial charge in [0.15, 0.2) is 11.6 Å². The Labute approximate surface area is 329 Å². The Bertz CT molecular complexity index is 1850. The molecular formula is C43H56ClF2N4O3S+. The zero-order valence-corrected chi connectivity index (χ0v) is 34.6. The molecule has 2 saturated heterocycles. The first-order chi connectivity index (χ1) is 25.6. The van der Waals surface area contributed by atoms with E-state index in [0.717, 1.165) is 42.1 Å². The molecular weight excluding hydrogens is 726 g/mol. The number of piperazine rings is 1. The molecule has 0 aliphatic carbocycles. The maximum absolute atomic E-state index is 15.2. The van der Waals surface area contributed by atoms with Crippen LogP contribution >= 0.6 is 23.4 Å². The van der Waals surface area contributed by atoms with Gasteiger partial charge in [0.25, 0.3) is 5.91 Å². The number of hydrogen-bond donors (Lipinski definition) is 0. The van der Waals surface area contributed by atoms with Crippen LogP contribution in [0.5, 0.6) is 0 Å². The molecule has 0 bridgehead atoms. The van der Waals surface area contributed by atoms with E-state index in [4.69, 9.17) is 11.6 Å². The molecule has 2 fully saturated rings. The van der Waals surface area contributed by atoms with Crippen molar-refractivity contribution >= 4 is 41.1 Å². The van der Waals surface area contributed by atoms with E-state index in [1.54, 1.807) is 13.0 Å². The van der Waals surface area contributed by atoms with Gasteiger partial charge in [-0.1, -0.05) is 89.2 Å². The molecule has 7 nitrogen and oxygen atoms in total. The topological polar surface area (TPSA) is 60.9 Å². The number of rotatable bonds is 8. The second kappa shape index (κ2) is 15.7. The molecule has 4 aliphatic heterocycles. The van der Waals surface area contributed by atoms with Crippen LogP contribution in [0, 0.1) is 23.5 Å². The van der Waals surface area contributed by atoms with Gasteiger partial charge in [-0.25, -0.2) is 13.6 Å². The molecule has 0 radical (unpaired) electrons. The van der Waals surface area contributed by atoms with Crippen molar-refractivity contribution in [1.82, 2.24) is 14.7 Å². The number of carbonyl (C=O) groups is 3. The van der Waals surface area contributed by atoms with Crippen molar-refractivity contribution in [3.8, 4) is 0 Å². The lowest BCUT2D eigenvalue weighted by atomic mass is 9.64. The number of carbonyl (C=O) groups excluding carboxylic acids is 3. The van der Waals surface area contributed by atoms with Gasteiger partial charge in [-0.05, 0) is 86.3 Å². The zero-order valence-electron chi connectivity index (χ0n) is 33.0. The summed E-state index contributed by atoms with van der Waals surface area (Å²) in [6, 6.07) is 10.8. The molecule has 4 aliphatic rings. The van der Waals surface area contributed by atoms with Crippen molar-refractivity contribution in [3.05, 3.63) is 92.0 Å². The lowest BCUT2D eigenvalue weighted by molar-refractivity contribution is -0.881. The molecule has 11 heteroatoms. The van der Waals surface area contributed by atoms with E-state index in [2.05, 4.69) is 59.4 Å². The van der Waals surface area contributed by atoms with Gasteiger partial charge in [-0.2, -0.15) is 0 Å². The van der Waals surface area contributed by atoms with Crippen molar-refractivity contribution < 1.29 is 27.6 Å². The number of amides is 3. The van der Waals surface area contributed by atoms with Gasteiger partial charge in [0.05, 0.1) is 42.5 Å². The number of halogens is 3. The van der Waals surface area contributed by atoms with E-state index in [0.29, 0.717) is 52.5 Å². The molecule has 4 heterocycles. The third-order valence-electron chi connectivity index (χ3n) is 13.1. The maximum atomic E-state index is 15.2. The quantitative estimate of drug-likeness (QED) is 0.250. The van der Waals surface area contributed by atoms with Gasteiger partial charge < -0.3 is 14.7 Å². The summed E-state index contributed by atoms with van der Waals surface area (Å²) in [6.45, 7) is 18.6. The first-order valence-electron chi connectivity index (χ1n) is 19.7. The van der Waals surface area contributed by atoms with Crippen molar-refractivity contribution in [3.63, 3.8) is 0 Å². The number of nitrogens with zero attached hydrogens (tertiary/aromatic N) is 4. The Morgan fingerprint density at radius 2 is 1.74 bits per heavy atom. The smallest absolute Gasteiger partial charge is 0.310 e. The van der Waals surface area contributed by atoms with Crippen LogP contribution < -0.4 is 0 Å². The molecule has 0 spiro atoms. The monoisotopic (exact) mass is 781 g/mol. The lowest BCUT2D eigenvalue weighted by Gasteiger charge is -2.48. The van der Waals surface area contributed by atoms with Crippen LogP contribution in [0.3, 0.4) is 0 Å². The standard InChI is InChI=1S/C43H56ClF2N4O3S/c1-9-22-50(29(7)51)23-21-47(25-28(50)6)41(52)36-19-17-33(10-2)48(36)42(53)39-38(26(3)4)49-37(54-39)20-11-27(5)43(8,31-14-18-34(45)35(46)24-31)40(49)30-12-15-32(44)16-13-30/h12-16,18,20,24,26-28,33,36,40H,9-11,17,19,21-23,25H2,1-8H3/q+1/t27?,28-,33-,36+,40?,43?,50?/m1/s1. The van der Waals surface area contributed by atoms with Crippen molar-refractivity contribution in [2.45, 2.75) is 117 Å². The summed E-state index contributed by atoms with van der Waals surface area (Å²) >= 11 is 7.88. The summed E-state index contributed by atoms with van der Waals surface area (Å²) in [7, 11) is 0. The van der Waals surface area contributed by atoms with Crippen LogP contribution in [0.1, 0.15) is 105 Å². The molecule has 0 aromatic heterocycles. The average molecular weight is 782 g/mol. The molecule has 4 unspecified atom stereocenters. The van der Waals surface area contributed by atoms with Crippen LogP contribution in [-0.2, 0) is 19.8 Å². The Morgan fingerprint density at radius 1 is 1.04 bits per heavy atom. The van der Waals surface area contributed by atoms with E-state index >= 15 is 9.18 Å². The normalized spacial score (nSPS) is 30.1. The van der Waals surface area contributed by atoms with Crippen molar-refractivity contribution in [1.29, 1.82) is 0 Å². The molecule has 292 valence electrons. The predicted molar refractivity (Wildman–Crippen MR) is 212 cm³/mol. The molecule has 0 saturated carbocycles. The van der Waals surface area contributed by atoms with Crippen LogP contribution in [0.15, 0.2) is 64.2 Å². The maximum Gasteiger partial charge on any atom is 0.310 e. The first-order valence-corrected chi connectivity index (χ1v) is 20.9. The fraction of sp³-hybridized carbons (Fsp3) is 0.558. The van der Waals surface area contributed by atoms with E-state index in [-0.39, 0.29) is 41.6 Å². The van der Waals surface area contributed by atoms with Gasteiger partial charge in [-0.3, -0.25) is 14.1 Å².